The van der Waals surface area contributed by atoms with Crippen molar-refractivity contribution in [1.29, 1.82) is 0 Å². The average molecular weight is 353 g/mol. The molecule has 0 aromatic heterocycles. The lowest BCUT2D eigenvalue weighted by molar-refractivity contribution is -0.161. The summed E-state index contributed by atoms with van der Waals surface area (Å²) in [5.74, 6) is -2.71. The fourth-order valence-corrected chi connectivity index (χ4v) is 3.18. The van der Waals surface area contributed by atoms with E-state index in [0.717, 1.165) is 0 Å². The summed E-state index contributed by atoms with van der Waals surface area (Å²) in [6.07, 6.45) is 0.365. The molecule has 1 N–H and O–H groups in total. The Kier molecular flexibility index (Phi) is 4.73. The molecule has 1 aromatic rings. The van der Waals surface area contributed by atoms with Gasteiger partial charge in [-0.3, -0.25) is 9.59 Å². The number of carbonyl (C=O) groups is 3. The molecule has 2 atom stereocenters. The number of morpholine rings is 1. The molecule has 0 spiro atoms. The Balaban J connectivity index is 1.75. The van der Waals surface area contributed by atoms with Crippen molar-refractivity contribution in [3.63, 3.8) is 0 Å². The number of ether oxygens (including phenoxy) is 1. The van der Waals surface area contributed by atoms with Crippen LogP contribution in [0.1, 0.15) is 6.42 Å². The number of halogens is 1. The van der Waals surface area contributed by atoms with E-state index in [2.05, 4.69) is 0 Å². The van der Waals surface area contributed by atoms with Gasteiger partial charge in [-0.1, -0.05) is 11.6 Å². The number of hydrogen-bond donors (Lipinski definition) is 1. The Morgan fingerprint density at radius 3 is 2.58 bits per heavy atom. The molecule has 128 valence electrons. The molecule has 1 aromatic carbocycles. The maximum atomic E-state index is 12.7. The fourth-order valence-electron chi connectivity index (χ4n) is 3.06. The van der Waals surface area contributed by atoms with Crippen LogP contribution in [0.25, 0.3) is 0 Å². The third-order valence-corrected chi connectivity index (χ3v) is 4.59. The molecule has 2 fully saturated rings. The number of aliphatic carboxylic acids is 1. The Morgan fingerprint density at radius 1 is 1.21 bits per heavy atom. The van der Waals surface area contributed by atoms with E-state index in [1.165, 1.54) is 9.80 Å². The van der Waals surface area contributed by atoms with Crippen molar-refractivity contribution in [3.8, 4) is 0 Å². The monoisotopic (exact) mass is 352 g/mol. The molecule has 2 aliphatic heterocycles. The smallest absolute Gasteiger partial charge is 0.328 e. The van der Waals surface area contributed by atoms with Gasteiger partial charge in [0.25, 0.3) is 0 Å². The Labute approximate surface area is 143 Å². The molecule has 0 aliphatic carbocycles. The molecule has 2 aliphatic rings. The van der Waals surface area contributed by atoms with E-state index >= 15 is 0 Å². The van der Waals surface area contributed by atoms with Gasteiger partial charge in [0.1, 0.15) is 5.92 Å². The van der Waals surface area contributed by atoms with Crippen LogP contribution in [-0.2, 0) is 19.1 Å². The number of anilines is 1. The van der Waals surface area contributed by atoms with Crippen molar-refractivity contribution in [2.45, 2.75) is 12.5 Å². The van der Waals surface area contributed by atoms with Crippen LogP contribution in [0.3, 0.4) is 0 Å². The second-order valence-corrected chi connectivity index (χ2v) is 6.20. The number of carboxylic acids is 1. The Hall–Kier alpha value is -2.12. The SMILES string of the molecule is O=C(O)C1COCCN1C(=O)C1CCN(c2ccc(Cl)cc2)C1=O. The van der Waals surface area contributed by atoms with Gasteiger partial charge in [0.15, 0.2) is 6.04 Å². The number of benzene rings is 1. The number of nitrogens with zero attached hydrogens (tertiary/aromatic N) is 2. The molecule has 0 saturated carbocycles. The maximum Gasteiger partial charge on any atom is 0.328 e. The molecular formula is C16H17ClN2O5. The molecule has 0 bridgehead atoms. The number of carboxylic acid groups (broad SMARTS) is 1. The van der Waals surface area contributed by atoms with Crippen molar-refractivity contribution in [2.75, 3.05) is 31.2 Å². The van der Waals surface area contributed by atoms with Gasteiger partial charge in [0.2, 0.25) is 11.8 Å². The third kappa shape index (κ3) is 3.09. The Bertz CT molecular complexity index is 663. The quantitative estimate of drug-likeness (QED) is 0.820. The molecule has 8 heteroatoms. The lowest BCUT2D eigenvalue weighted by Gasteiger charge is -2.34. The number of carbonyl (C=O) groups excluding carboxylic acids is 2. The summed E-state index contributed by atoms with van der Waals surface area (Å²) < 4.78 is 5.13. The van der Waals surface area contributed by atoms with E-state index in [-0.39, 0.29) is 25.7 Å². The normalized spacial score (nSPS) is 24.3. The van der Waals surface area contributed by atoms with Crippen molar-refractivity contribution in [2.24, 2.45) is 5.92 Å². The molecule has 3 rings (SSSR count). The minimum atomic E-state index is -1.12. The molecule has 2 unspecified atom stereocenters. The van der Waals surface area contributed by atoms with E-state index in [1.807, 2.05) is 0 Å². The highest BCUT2D eigenvalue weighted by Crippen LogP contribution is 2.28. The van der Waals surface area contributed by atoms with Crippen molar-refractivity contribution in [1.82, 2.24) is 4.90 Å². The first kappa shape index (κ1) is 16.7. The molecule has 2 amide bonds. The zero-order valence-corrected chi connectivity index (χ0v) is 13.6. The summed E-state index contributed by atoms with van der Waals surface area (Å²) in [7, 11) is 0. The number of amides is 2. The van der Waals surface area contributed by atoms with Crippen LogP contribution in [0, 0.1) is 5.92 Å². The minimum absolute atomic E-state index is 0.0527. The van der Waals surface area contributed by atoms with Crippen LogP contribution in [0.4, 0.5) is 5.69 Å². The predicted octanol–water partition coefficient (Wildman–Crippen LogP) is 1.00. The van der Waals surface area contributed by atoms with Gasteiger partial charge in [-0.25, -0.2) is 4.79 Å². The van der Waals surface area contributed by atoms with Gasteiger partial charge in [0.05, 0.1) is 13.2 Å². The highest BCUT2D eigenvalue weighted by atomic mass is 35.5. The first-order valence-electron chi connectivity index (χ1n) is 7.67. The zero-order chi connectivity index (χ0) is 17.3. The van der Waals surface area contributed by atoms with E-state index in [1.54, 1.807) is 24.3 Å². The highest BCUT2D eigenvalue weighted by Gasteiger charge is 2.43. The third-order valence-electron chi connectivity index (χ3n) is 4.34. The first-order valence-corrected chi connectivity index (χ1v) is 8.05. The molecule has 2 heterocycles. The Morgan fingerprint density at radius 2 is 1.92 bits per heavy atom. The summed E-state index contributed by atoms with van der Waals surface area (Å²) in [5, 5.41) is 9.81. The van der Waals surface area contributed by atoms with Crippen LogP contribution in [0.2, 0.25) is 5.02 Å². The van der Waals surface area contributed by atoms with E-state index in [0.29, 0.717) is 23.7 Å². The summed E-state index contributed by atoms with van der Waals surface area (Å²) in [5.41, 5.74) is 0.677. The van der Waals surface area contributed by atoms with Gasteiger partial charge in [-0.05, 0) is 30.7 Å². The minimum Gasteiger partial charge on any atom is -0.480 e. The van der Waals surface area contributed by atoms with Gasteiger partial charge in [-0.2, -0.15) is 0 Å². The van der Waals surface area contributed by atoms with Crippen LogP contribution in [0.15, 0.2) is 24.3 Å². The van der Waals surface area contributed by atoms with Crippen LogP contribution < -0.4 is 4.90 Å². The van der Waals surface area contributed by atoms with Gasteiger partial charge in [0, 0.05) is 23.8 Å². The molecule has 7 nitrogen and oxygen atoms in total. The number of hydrogen-bond acceptors (Lipinski definition) is 4. The van der Waals surface area contributed by atoms with E-state index in [4.69, 9.17) is 16.3 Å². The molecule has 0 radical (unpaired) electrons. The second kappa shape index (κ2) is 6.78. The van der Waals surface area contributed by atoms with Gasteiger partial charge < -0.3 is 19.6 Å². The lowest BCUT2D eigenvalue weighted by Crippen LogP contribution is -2.55. The molecular weight excluding hydrogens is 336 g/mol. The molecule has 24 heavy (non-hydrogen) atoms. The van der Waals surface area contributed by atoms with Gasteiger partial charge in [-0.15, -0.1) is 0 Å². The highest BCUT2D eigenvalue weighted by molar-refractivity contribution is 6.30. The lowest BCUT2D eigenvalue weighted by atomic mass is 10.0. The van der Waals surface area contributed by atoms with Crippen LogP contribution >= 0.6 is 11.6 Å². The standard InChI is InChI=1S/C16H17ClN2O5/c17-10-1-3-11(4-2-10)18-6-5-12(14(18)20)15(21)19-7-8-24-9-13(19)16(22)23/h1-4,12-13H,5-9H2,(H,22,23). The summed E-state index contributed by atoms with van der Waals surface area (Å²) in [6, 6.07) is 5.77. The van der Waals surface area contributed by atoms with Crippen molar-refractivity contribution < 1.29 is 24.2 Å². The average Bonchev–Trinajstić information content (AvgIpc) is 2.96. The molecule has 2 saturated heterocycles. The summed E-state index contributed by atoms with van der Waals surface area (Å²) >= 11 is 5.85. The largest absolute Gasteiger partial charge is 0.480 e. The fraction of sp³-hybridized carbons (Fsp3) is 0.438. The van der Waals surface area contributed by atoms with E-state index in [9.17, 15) is 19.5 Å². The zero-order valence-electron chi connectivity index (χ0n) is 12.9. The second-order valence-electron chi connectivity index (χ2n) is 5.77. The summed E-state index contributed by atoms with van der Waals surface area (Å²) in [4.78, 5) is 39.4. The number of rotatable bonds is 3. The predicted molar refractivity (Wildman–Crippen MR) is 85.9 cm³/mol. The van der Waals surface area contributed by atoms with Gasteiger partial charge >= 0.3 is 5.97 Å². The summed E-state index contributed by atoms with van der Waals surface area (Å²) in [6.45, 7) is 0.819. The van der Waals surface area contributed by atoms with Crippen molar-refractivity contribution >= 4 is 35.1 Å². The first-order chi connectivity index (χ1) is 11.5. The van der Waals surface area contributed by atoms with Crippen LogP contribution in [0.5, 0.6) is 0 Å². The maximum absolute atomic E-state index is 12.7. The van der Waals surface area contributed by atoms with E-state index < -0.39 is 23.8 Å². The topological polar surface area (TPSA) is 87.2 Å². The van der Waals surface area contributed by atoms with Crippen LogP contribution in [-0.4, -0.2) is 60.1 Å². The van der Waals surface area contributed by atoms with Crippen molar-refractivity contribution in [3.05, 3.63) is 29.3 Å².